The zero-order valence-corrected chi connectivity index (χ0v) is 6.25. The number of hydrogen-bond donors (Lipinski definition) is 2. The summed E-state index contributed by atoms with van der Waals surface area (Å²) < 4.78 is 0.808. The monoisotopic (exact) mass is 194 g/mol. The van der Waals surface area contributed by atoms with Gasteiger partial charge in [0.2, 0.25) is 0 Å². The molecule has 0 saturated heterocycles. The van der Waals surface area contributed by atoms with Crippen LogP contribution in [0.1, 0.15) is 0 Å². The number of H-pyrrole nitrogens is 1. The lowest BCUT2D eigenvalue weighted by Crippen LogP contribution is -1.82. The molecule has 0 aliphatic rings. The predicted octanol–water partition coefficient (Wildman–Crippen LogP) is 2.01. The zero-order chi connectivity index (χ0) is 6.15. The lowest BCUT2D eigenvalue weighted by Gasteiger charge is -1.80. The summed E-state index contributed by atoms with van der Waals surface area (Å²) >= 11 is 8.68. The number of rotatable bonds is 0. The van der Waals surface area contributed by atoms with Gasteiger partial charge >= 0.3 is 0 Å². The molecule has 8 heavy (non-hydrogen) atoms. The highest BCUT2D eigenvalue weighted by Crippen LogP contribution is 2.21. The second-order valence-corrected chi connectivity index (χ2v) is 2.64. The molecular formula is C4H4BrClN2. The zero-order valence-electron chi connectivity index (χ0n) is 3.91. The number of aromatic nitrogens is 1. The van der Waals surface area contributed by atoms with Gasteiger partial charge in [0.1, 0.15) is 11.0 Å². The minimum Gasteiger partial charge on any atom is -0.384 e. The average molecular weight is 195 g/mol. The summed E-state index contributed by atoms with van der Waals surface area (Å²) in [5.41, 5.74) is 5.35. The molecule has 2 nitrogen and oxygen atoms in total. The maximum atomic E-state index is 5.50. The van der Waals surface area contributed by atoms with Crippen LogP contribution < -0.4 is 5.73 Å². The average Bonchev–Trinajstić information content (AvgIpc) is 1.85. The minimum atomic E-state index is 0.550. The van der Waals surface area contributed by atoms with Gasteiger partial charge in [-0.15, -0.1) is 0 Å². The third kappa shape index (κ3) is 0.980. The standard InChI is InChI=1S/C4H4BrClN2/c5-2-1-3(6)8-4(2)7/h1,8H,7H2. The third-order valence-electron chi connectivity index (χ3n) is 0.765. The maximum absolute atomic E-state index is 5.50. The molecule has 0 spiro atoms. The molecule has 44 valence electrons. The SMILES string of the molecule is Nc1[nH]c(Cl)cc1Br. The summed E-state index contributed by atoms with van der Waals surface area (Å²) in [6.45, 7) is 0. The van der Waals surface area contributed by atoms with Crippen molar-refractivity contribution < 1.29 is 0 Å². The summed E-state index contributed by atoms with van der Waals surface area (Å²) in [6.07, 6.45) is 0. The first-order chi connectivity index (χ1) is 3.70. The fraction of sp³-hybridized carbons (Fsp3) is 0. The highest BCUT2D eigenvalue weighted by molar-refractivity contribution is 9.10. The third-order valence-corrected chi connectivity index (χ3v) is 1.62. The van der Waals surface area contributed by atoms with E-state index < -0.39 is 0 Å². The van der Waals surface area contributed by atoms with Crippen molar-refractivity contribution in [1.29, 1.82) is 0 Å². The Balaban J connectivity index is 3.14. The van der Waals surface area contributed by atoms with E-state index in [1.54, 1.807) is 6.07 Å². The molecule has 0 unspecified atom stereocenters. The molecule has 0 bridgehead atoms. The van der Waals surface area contributed by atoms with Gasteiger partial charge in [-0.2, -0.15) is 0 Å². The van der Waals surface area contributed by atoms with Crippen LogP contribution in [0.3, 0.4) is 0 Å². The van der Waals surface area contributed by atoms with E-state index in [9.17, 15) is 0 Å². The molecular weight excluding hydrogens is 191 g/mol. The van der Waals surface area contributed by atoms with Crippen LogP contribution in [-0.4, -0.2) is 4.98 Å². The van der Waals surface area contributed by atoms with Gasteiger partial charge in [-0.3, -0.25) is 0 Å². The van der Waals surface area contributed by atoms with Crippen LogP contribution in [0.4, 0.5) is 5.82 Å². The minimum absolute atomic E-state index is 0.550. The van der Waals surface area contributed by atoms with Crippen molar-refractivity contribution in [1.82, 2.24) is 4.98 Å². The maximum Gasteiger partial charge on any atom is 0.116 e. The molecule has 0 saturated carbocycles. The molecule has 1 aromatic heterocycles. The summed E-state index contributed by atoms with van der Waals surface area (Å²) in [4.78, 5) is 2.70. The van der Waals surface area contributed by atoms with Gasteiger partial charge in [0, 0.05) is 0 Å². The van der Waals surface area contributed by atoms with Crippen LogP contribution in [0.5, 0.6) is 0 Å². The van der Waals surface area contributed by atoms with Gasteiger partial charge in [-0.05, 0) is 22.0 Å². The van der Waals surface area contributed by atoms with Crippen molar-refractivity contribution in [3.8, 4) is 0 Å². The smallest absolute Gasteiger partial charge is 0.116 e. The highest BCUT2D eigenvalue weighted by Gasteiger charge is 1.96. The van der Waals surface area contributed by atoms with Gasteiger partial charge in [-0.1, -0.05) is 11.6 Å². The van der Waals surface area contributed by atoms with Crippen molar-refractivity contribution >= 4 is 33.3 Å². The van der Waals surface area contributed by atoms with E-state index in [4.69, 9.17) is 17.3 Å². The summed E-state index contributed by atoms with van der Waals surface area (Å²) in [7, 11) is 0. The molecule has 0 aliphatic heterocycles. The number of halogens is 2. The quantitative estimate of drug-likeness (QED) is 0.653. The molecule has 1 heterocycles. The first kappa shape index (κ1) is 5.98. The van der Waals surface area contributed by atoms with E-state index in [2.05, 4.69) is 20.9 Å². The van der Waals surface area contributed by atoms with Crippen molar-refractivity contribution in [2.24, 2.45) is 0 Å². The second kappa shape index (κ2) is 1.99. The van der Waals surface area contributed by atoms with Crippen LogP contribution in [-0.2, 0) is 0 Å². The molecule has 0 atom stereocenters. The highest BCUT2D eigenvalue weighted by atomic mass is 79.9. The molecule has 0 aliphatic carbocycles. The Labute approximate surface area is 60.2 Å². The van der Waals surface area contributed by atoms with E-state index in [0.29, 0.717) is 11.0 Å². The Hall–Kier alpha value is -0.150. The van der Waals surface area contributed by atoms with Gasteiger partial charge < -0.3 is 10.7 Å². The van der Waals surface area contributed by atoms with Gasteiger partial charge in [0.15, 0.2) is 0 Å². The molecule has 0 fully saturated rings. The number of anilines is 1. The summed E-state index contributed by atoms with van der Waals surface area (Å²) in [5.74, 6) is 0.565. The Morgan fingerprint density at radius 3 is 2.50 bits per heavy atom. The Bertz CT molecular complexity index is 176. The largest absolute Gasteiger partial charge is 0.384 e. The van der Waals surface area contributed by atoms with Crippen molar-refractivity contribution in [3.63, 3.8) is 0 Å². The van der Waals surface area contributed by atoms with Crippen LogP contribution in [0.25, 0.3) is 0 Å². The lowest BCUT2D eigenvalue weighted by atomic mass is 10.6. The van der Waals surface area contributed by atoms with Crippen molar-refractivity contribution in [2.75, 3.05) is 5.73 Å². The topological polar surface area (TPSA) is 41.8 Å². The number of aromatic amines is 1. The molecule has 0 aromatic carbocycles. The molecule has 3 N–H and O–H groups in total. The number of nitrogens with two attached hydrogens (primary N) is 1. The van der Waals surface area contributed by atoms with Crippen LogP contribution in [0.2, 0.25) is 5.15 Å². The number of nitrogens with one attached hydrogen (secondary N) is 1. The van der Waals surface area contributed by atoms with Crippen LogP contribution >= 0.6 is 27.5 Å². The normalized spacial score (nSPS) is 9.75. The summed E-state index contributed by atoms with van der Waals surface area (Å²) in [5, 5.41) is 0.550. The van der Waals surface area contributed by atoms with Gasteiger partial charge in [0.25, 0.3) is 0 Å². The van der Waals surface area contributed by atoms with Crippen LogP contribution in [0.15, 0.2) is 10.5 Å². The van der Waals surface area contributed by atoms with Gasteiger partial charge in [-0.25, -0.2) is 0 Å². The summed E-state index contributed by atoms with van der Waals surface area (Å²) in [6, 6.07) is 1.71. The first-order valence-corrected chi connectivity index (χ1v) is 3.16. The fourth-order valence-electron chi connectivity index (χ4n) is 0.413. The second-order valence-electron chi connectivity index (χ2n) is 1.38. The van der Waals surface area contributed by atoms with Crippen LogP contribution in [0, 0.1) is 0 Å². The first-order valence-electron chi connectivity index (χ1n) is 1.99. The molecule has 1 aromatic rings. The lowest BCUT2D eigenvalue weighted by molar-refractivity contribution is 1.41. The number of hydrogen-bond acceptors (Lipinski definition) is 1. The Kier molecular flexibility index (Phi) is 1.49. The van der Waals surface area contributed by atoms with E-state index in [1.807, 2.05) is 0 Å². The van der Waals surface area contributed by atoms with E-state index >= 15 is 0 Å². The van der Waals surface area contributed by atoms with Crippen molar-refractivity contribution in [3.05, 3.63) is 15.7 Å². The molecule has 0 amide bonds. The Morgan fingerprint density at radius 1 is 1.75 bits per heavy atom. The van der Waals surface area contributed by atoms with Crippen molar-refractivity contribution in [2.45, 2.75) is 0 Å². The van der Waals surface area contributed by atoms with E-state index in [-0.39, 0.29) is 0 Å². The predicted molar refractivity (Wildman–Crippen MR) is 37.9 cm³/mol. The van der Waals surface area contributed by atoms with Gasteiger partial charge in [0.05, 0.1) is 4.47 Å². The molecule has 4 heteroatoms. The fourth-order valence-corrected chi connectivity index (χ4v) is 1.08. The molecule has 1 rings (SSSR count). The number of nitrogen functional groups attached to an aromatic ring is 1. The van der Waals surface area contributed by atoms with E-state index in [0.717, 1.165) is 4.47 Å². The van der Waals surface area contributed by atoms with E-state index in [1.165, 1.54) is 0 Å². The molecule has 0 radical (unpaired) electrons. The Morgan fingerprint density at radius 2 is 2.38 bits per heavy atom.